The van der Waals surface area contributed by atoms with Gasteiger partial charge in [-0.3, -0.25) is 0 Å². The van der Waals surface area contributed by atoms with Crippen LogP contribution in [0.3, 0.4) is 0 Å². The molecule has 3 aromatic rings. The minimum atomic E-state index is 0.284. The number of benzene rings is 1. The topological polar surface area (TPSA) is 85.9 Å². The molecule has 0 unspecified atom stereocenters. The van der Waals surface area contributed by atoms with E-state index in [-0.39, 0.29) is 5.69 Å². The molecule has 29 heavy (non-hydrogen) atoms. The van der Waals surface area contributed by atoms with Crippen molar-refractivity contribution in [2.45, 2.75) is 18.9 Å². The second kappa shape index (κ2) is 8.29. The van der Waals surface area contributed by atoms with Gasteiger partial charge in [0.2, 0.25) is 0 Å². The number of anilines is 3. The zero-order valence-electron chi connectivity index (χ0n) is 16.7. The number of aromatic nitrogens is 4. The van der Waals surface area contributed by atoms with Crippen LogP contribution in [0.1, 0.15) is 18.5 Å². The van der Waals surface area contributed by atoms with Gasteiger partial charge in [0, 0.05) is 24.5 Å². The standard InChI is InChI=1S/C21H24N8/c1-27-8-6-17(7-9-27)28(2)18-4-3-5-19(10-18)29-14-21(25-15-29)26-20-13-23-16(11-22)12-24-20/h3-5,10,12-15,17H,6-9H2,1-2H3,(H,24,26). The lowest BCUT2D eigenvalue weighted by Gasteiger charge is -2.36. The third-order valence-corrected chi connectivity index (χ3v) is 5.38. The largest absolute Gasteiger partial charge is 0.371 e. The minimum Gasteiger partial charge on any atom is -0.371 e. The Balaban J connectivity index is 1.47. The molecule has 1 aliphatic heterocycles. The Morgan fingerprint density at radius 2 is 1.97 bits per heavy atom. The zero-order chi connectivity index (χ0) is 20.2. The first-order valence-corrected chi connectivity index (χ1v) is 9.67. The van der Waals surface area contributed by atoms with Crippen LogP contribution < -0.4 is 10.2 Å². The van der Waals surface area contributed by atoms with Gasteiger partial charge in [0.15, 0.2) is 5.69 Å². The van der Waals surface area contributed by atoms with Gasteiger partial charge >= 0.3 is 0 Å². The van der Waals surface area contributed by atoms with Crippen LogP contribution in [0, 0.1) is 11.3 Å². The highest BCUT2D eigenvalue weighted by Crippen LogP contribution is 2.24. The van der Waals surface area contributed by atoms with Crippen LogP contribution in [0.15, 0.2) is 49.2 Å². The SMILES string of the molecule is CN1CCC(N(C)c2cccc(-n3cnc(Nc4cnc(C#N)cn4)c3)c2)CC1. The molecule has 0 saturated carbocycles. The van der Waals surface area contributed by atoms with Crippen LogP contribution in [0.5, 0.6) is 0 Å². The van der Waals surface area contributed by atoms with Gasteiger partial charge in [0.1, 0.15) is 24.0 Å². The van der Waals surface area contributed by atoms with Crippen molar-refractivity contribution in [1.29, 1.82) is 5.26 Å². The normalized spacial score (nSPS) is 15.1. The molecule has 1 aromatic carbocycles. The maximum Gasteiger partial charge on any atom is 0.158 e. The van der Waals surface area contributed by atoms with Crippen LogP contribution in [0.4, 0.5) is 17.3 Å². The van der Waals surface area contributed by atoms with Gasteiger partial charge in [-0.15, -0.1) is 0 Å². The summed E-state index contributed by atoms with van der Waals surface area (Å²) in [5.74, 6) is 1.21. The van der Waals surface area contributed by atoms with E-state index in [2.05, 4.69) is 68.4 Å². The van der Waals surface area contributed by atoms with Crippen molar-refractivity contribution in [3.63, 3.8) is 0 Å². The Morgan fingerprint density at radius 3 is 2.69 bits per heavy atom. The summed E-state index contributed by atoms with van der Waals surface area (Å²) in [6.07, 6.45) is 9.00. The third kappa shape index (κ3) is 4.36. The highest BCUT2D eigenvalue weighted by molar-refractivity contribution is 5.55. The summed E-state index contributed by atoms with van der Waals surface area (Å²) in [5, 5.41) is 11.9. The van der Waals surface area contributed by atoms with Crippen molar-refractivity contribution in [3.05, 3.63) is 54.9 Å². The average Bonchev–Trinajstić information content (AvgIpc) is 3.23. The Labute approximate surface area is 170 Å². The fourth-order valence-corrected chi connectivity index (χ4v) is 3.58. The summed E-state index contributed by atoms with van der Waals surface area (Å²) >= 11 is 0. The average molecular weight is 388 g/mol. The second-order valence-corrected chi connectivity index (χ2v) is 7.36. The number of nitriles is 1. The lowest BCUT2D eigenvalue weighted by Crippen LogP contribution is -2.42. The molecule has 2 aromatic heterocycles. The first-order valence-electron chi connectivity index (χ1n) is 9.67. The highest BCUT2D eigenvalue weighted by Gasteiger charge is 2.21. The molecule has 3 heterocycles. The second-order valence-electron chi connectivity index (χ2n) is 7.36. The molecule has 8 heteroatoms. The van der Waals surface area contributed by atoms with Crippen LogP contribution in [0.2, 0.25) is 0 Å². The van der Waals surface area contributed by atoms with Crippen LogP contribution in [-0.2, 0) is 0 Å². The molecule has 0 atom stereocenters. The molecule has 1 fully saturated rings. The first kappa shape index (κ1) is 18.9. The van der Waals surface area contributed by atoms with Crippen molar-refractivity contribution < 1.29 is 0 Å². The number of nitrogens with zero attached hydrogens (tertiary/aromatic N) is 7. The van der Waals surface area contributed by atoms with Crippen molar-refractivity contribution in [2.24, 2.45) is 0 Å². The van der Waals surface area contributed by atoms with Crippen LogP contribution in [-0.4, -0.2) is 57.6 Å². The molecule has 1 N–H and O–H groups in total. The number of hydrogen-bond acceptors (Lipinski definition) is 7. The smallest absolute Gasteiger partial charge is 0.158 e. The highest BCUT2D eigenvalue weighted by atomic mass is 15.2. The van der Waals surface area contributed by atoms with Crippen molar-refractivity contribution in [3.8, 4) is 11.8 Å². The molecule has 148 valence electrons. The Hall–Kier alpha value is -3.44. The van der Waals surface area contributed by atoms with Crippen molar-refractivity contribution >= 4 is 17.3 Å². The molecule has 0 amide bonds. The monoisotopic (exact) mass is 388 g/mol. The number of imidazole rings is 1. The maximum atomic E-state index is 8.81. The van der Waals surface area contributed by atoms with E-state index in [4.69, 9.17) is 5.26 Å². The first-order chi connectivity index (χ1) is 14.1. The van der Waals surface area contributed by atoms with Crippen molar-refractivity contribution in [1.82, 2.24) is 24.4 Å². The molecule has 8 nitrogen and oxygen atoms in total. The Kier molecular flexibility index (Phi) is 5.40. The molecular formula is C21H24N8. The molecular weight excluding hydrogens is 364 g/mol. The van der Waals surface area contributed by atoms with E-state index in [0.29, 0.717) is 17.7 Å². The van der Waals surface area contributed by atoms with E-state index in [1.165, 1.54) is 30.9 Å². The molecule has 0 radical (unpaired) electrons. The summed E-state index contributed by atoms with van der Waals surface area (Å²) in [6, 6.07) is 11.0. The van der Waals surface area contributed by atoms with Crippen LogP contribution >= 0.6 is 0 Å². The number of rotatable bonds is 5. The quantitative estimate of drug-likeness (QED) is 0.719. The van der Waals surface area contributed by atoms with E-state index < -0.39 is 0 Å². The van der Waals surface area contributed by atoms with Gasteiger partial charge in [0.25, 0.3) is 0 Å². The summed E-state index contributed by atoms with van der Waals surface area (Å²) in [5.41, 5.74) is 2.54. The summed E-state index contributed by atoms with van der Waals surface area (Å²) in [6.45, 7) is 2.28. The van der Waals surface area contributed by atoms with Gasteiger partial charge in [-0.2, -0.15) is 5.26 Å². The molecule has 0 spiro atoms. The lowest BCUT2D eigenvalue weighted by atomic mass is 10.0. The number of likely N-dealkylation sites (tertiary alicyclic amines) is 1. The van der Waals surface area contributed by atoms with Gasteiger partial charge in [-0.25, -0.2) is 15.0 Å². The predicted molar refractivity (Wildman–Crippen MR) is 113 cm³/mol. The van der Waals surface area contributed by atoms with Gasteiger partial charge in [-0.05, 0) is 51.2 Å². The fourth-order valence-electron chi connectivity index (χ4n) is 3.58. The molecule has 4 rings (SSSR count). The summed E-state index contributed by atoms with van der Waals surface area (Å²) in [4.78, 5) is 17.4. The third-order valence-electron chi connectivity index (χ3n) is 5.38. The van der Waals surface area contributed by atoms with Crippen molar-refractivity contribution in [2.75, 3.05) is 37.4 Å². The van der Waals surface area contributed by atoms with E-state index in [9.17, 15) is 0 Å². The lowest BCUT2D eigenvalue weighted by molar-refractivity contribution is 0.253. The van der Waals surface area contributed by atoms with Gasteiger partial charge in [-0.1, -0.05) is 6.07 Å². The number of nitrogens with one attached hydrogen (secondary N) is 1. The zero-order valence-corrected chi connectivity index (χ0v) is 16.7. The maximum absolute atomic E-state index is 8.81. The molecule has 1 aliphatic rings. The summed E-state index contributed by atoms with van der Waals surface area (Å²) in [7, 11) is 4.37. The van der Waals surface area contributed by atoms with Gasteiger partial charge < -0.3 is 19.7 Å². The Morgan fingerprint density at radius 1 is 1.14 bits per heavy atom. The van der Waals surface area contributed by atoms with E-state index in [1.54, 1.807) is 6.33 Å². The van der Waals surface area contributed by atoms with Crippen LogP contribution in [0.25, 0.3) is 5.69 Å². The fraction of sp³-hybridized carbons (Fsp3) is 0.333. The Bertz CT molecular complexity index is 996. The number of hydrogen-bond donors (Lipinski definition) is 1. The molecule has 0 bridgehead atoms. The van der Waals surface area contributed by atoms with E-state index >= 15 is 0 Å². The van der Waals surface area contributed by atoms with E-state index in [1.807, 2.05) is 16.8 Å². The number of piperidine rings is 1. The van der Waals surface area contributed by atoms with Gasteiger partial charge in [0.05, 0.1) is 18.6 Å². The van der Waals surface area contributed by atoms with E-state index in [0.717, 1.165) is 18.8 Å². The predicted octanol–water partition coefficient (Wildman–Crippen LogP) is 2.81. The molecule has 0 aliphatic carbocycles. The minimum absolute atomic E-state index is 0.284. The summed E-state index contributed by atoms with van der Waals surface area (Å²) < 4.78 is 1.98. The molecule has 1 saturated heterocycles.